The quantitative estimate of drug-likeness (QED) is 0.785. The van der Waals surface area contributed by atoms with Crippen molar-refractivity contribution in [1.82, 2.24) is 14.8 Å². The van der Waals surface area contributed by atoms with Crippen molar-refractivity contribution in [3.63, 3.8) is 0 Å². The monoisotopic (exact) mass is 363 g/mol. The number of nitrogens with zero attached hydrogens (tertiary/aromatic N) is 3. The minimum absolute atomic E-state index is 0.0757. The highest BCUT2D eigenvalue weighted by atomic mass is 127. The maximum Gasteiger partial charge on any atom is 0.264 e. The van der Waals surface area contributed by atoms with E-state index in [1.54, 1.807) is 22.6 Å². The first kappa shape index (κ1) is 13.2. The van der Waals surface area contributed by atoms with Crippen LogP contribution in [0.3, 0.4) is 0 Å². The minimum atomic E-state index is -0.470. The van der Waals surface area contributed by atoms with E-state index in [1.165, 1.54) is 10.6 Å². The van der Waals surface area contributed by atoms with Crippen molar-refractivity contribution in [2.45, 2.75) is 26.3 Å². The molecule has 0 saturated carbocycles. The zero-order valence-electron chi connectivity index (χ0n) is 9.85. The predicted molar refractivity (Wildman–Crippen MR) is 70.9 cm³/mol. The Hall–Kier alpha value is -1.25. The molecular formula is C11H11FIN3O2. The van der Waals surface area contributed by atoms with Crippen LogP contribution in [0.2, 0.25) is 0 Å². The van der Waals surface area contributed by atoms with E-state index in [9.17, 15) is 9.18 Å². The molecule has 0 aliphatic rings. The molecule has 0 N–H and O–H groups in total. The first-order valence-electron chi connectivity index (χ1n) is 5.35. The van der Waals surface area contributed by atoms with Crippen LogP contribution >= 0.6 is 22.6 Å². The van der Waals surface area contributed by atoms with Crippen LogP contribution in [0.15, 0.2) is 21.5 Å². The minimum Gasteiger partial charge on any atom is -0.423 e. The Morgan fingerprint density at radius 2 is 2.22 bits per heavy atom. The normalized spacial score (nSPS) is 11.2. The summed E-state index contributed by atoms with van der Waals surface area (Å²) in [5.41, 5.74) is -0.277. The first-order valence-corrected chi connectivity index (χ1v) is 6.43. The molecule has 0 atom stereocenters. The second kappa shape index (κ2) is 5.17. The molecule has 0 amide bonds. The zero-order valence-corrected chi connectivity index (χ0v) is 12.0. The molecule has 0 aromatic carbocycles. The van der Waals surface area contributed by atoms with E-state index in [0.717, 1.165) is 6.20 Å². The van der Waals surface area contributed by atoms with Crippen LogP contribution in [-0.2, 0) is 6.54 Å². The van der Waals surface area contributed by atoms with E-state index < -0.39 is 5.82 Å². The molecular weight excluding hydrogens is 352 g/mol. The molecule has 18 heavy (non-hydrogen) atoms. The van der Waals surface area contributed by atoms with Gasteiger partial charge in [0.2, 0.25) is 11.8 Å². The number of pyridine rings is 1. The van der Waals surface area contributed by atoms with Crippen molar-refractivity contribution in [3.05, 3.63) is 43.8 Å². The molecule has 5 nitrogen and oxygen atoms in total. The molecule has 2 rings (SSSR count). The molecule has 0 fully saturated rings. The van der Waals surface area contributed by atoms with Crippen molar-refractivity contribution < 1.29 is 8.81 Å². The second-order valence-electron chi connectivity index (χ2n) is 4.13. The van der Waals surface area contributed by atoms with Crippen molar-refractivity contribution in [3.8, 4) is 0 Å². The van der Waals surface area contributed by atoms with Crippen LogP contribution in [0.5, 0.6) is 0 Å². The zero-order chi connectivity index (χ0) is 13.3. The van der Waals surface area contributed by atoms with Gasteiger partial charge in [0.15, 0.2) is 0 Å². The Morgan fingerprint density at radius 1 is 1.50 bits per heavy atom. The van der Waals surface area contributed by atoms with Gasteiger partial charge in [0.1, 0.15) is 12.4 Å². The van der Waals surface area contributed by atoms with E-state index in [0.29, 0.717) is 15.4 Å². The van der Waals surface area contributed by atoms with Gasteiger partial charge in [0.25, 0.3) is 5.56 Å². The van der Waals surface area contributed by atoms with Crippen LogP contribution in [0.4, 0.5) is 4.39 Å². The van der Waals surface area contributed by atoms with Crippen molar-refractivity contribution in [2.75, 3.05) is 0 Å². The maximum absolute atomic E-state index is 13.2. The highest BCUT2D eigenvalue weighted by molar-refractivity contribution is 14.1. The number of halogens is 2. The van der Waals surface area contributed by atoms with Crippen molar-refractivity contribution >= 4 is 22.6 Å². The van der Waals surface area contributed by atoms with Gasteiger partial charge in [-0.3, -0.25) is 4.79 Å². The molecule has 2 heterocycles. The Labute approximate surface area is 116 Å². The van der Waals surface area contributed by atoms with Gasteiger partial charge in [-0.15, -0.1) is 10.2 Å². The van der Waals surface area contributed by atoms with Gasteiger partial charge in [0, 0.05) is 12.1 Å². The fraction of sp³-hybridized carbons (Fsp3) is 0.364. The van der Waals surface area contributed by atoms with Crippen LogP contribution in [-0.4, -0.2) is 14.8 Å². The first-order chi connectivity index (χ1) is 8.47. The van der Waals surface area contributed by atoms with Gasteiger partial charge >= 0.3 is 0 Å². The summed E-state index contributed by atoms with van der Waals surface area (Å²) < 4.78 is 20.1. The van der Waals surface area contributed by atoms with Crippen LogP contribution < -0.4 is 5.56 Å². The SMILES string of the molecule is CC(C)c1nnc(Cn2cc(F)cc(I)c2=O)o1. The topological polar surface area (TPSA) is 60.9 Å². The molecule has 0 unspecified atom stereocenters. The Morgan fingerprint density at radius 3 is 2.83 bits per heavy atom. The van der Waals surface area contributed by atoms with E-state index in [2.05, 4.69) is 10.2 Å². The molecule has 0 bridgehead atoms. The molecule has 0 aliphatic heterocycles. The lowest BCUT2D eigenvalue weighted by Gasteiger charge is -2.03. The third-order valence-corrected chi connectivity index (χ3v) is 3.06. The van der Waals surface area contributed by atoms with Gasteiger partial charge in [-0.2, -0.15) is 0 Å². The average Bonchev–Trinajstić information content (AvgIpc) is 2.74. The number of hydrogen-bond acceptors (Lipinski definition) is 4. The van der Waals surface area contributed by atoms with E-state index in [-0.39, 0.29) is 18.0 Å². The smallest absolute Gasteiger partial charge is 0.264 e. The molecule has 0 aliphatic carbocycles. The highest BCUT2D eigenvalue weighted by Gasteiger charge is 2.12. The lowest BCUT2D eigenvalue weighted by atomic mass is 10.2. The number of hydrogen-bond donors (Lipinski definition) is 0. The lowest BCUT2D eigenvalue weighted by Crippen LogP contribution is -2.23. The van der Waals surface area contributed by atoms with Gasteiger partial charge < -0.3 is 8.98 Å². The van der Waals surface area contributed by atoms with Gasteiger partial charge in [-0.05, 0) is 28.7 Å². The largest absolute Gasteiger partial charge is 0.423 e. The predicted octanol–water partition coefficient (Wildman–Crippen LogP) is 2.15. The van der Waals surface area contributed by atoms with Crippen LogP contribution in [0.25, 0.3) is 0 Å². The molecule has 96 valence electrons. The summed E-state index contributed by atoms with van der Waals surface area (Å²) >= 11 is 1.79. The average molecular weight is 363 g/mol. The Bertz CT molecular complexity index is 621. The fourth-order valence-electron chi connectivity index (χ4n) is 1.39. The maximum atomic E-state index is 13.2. The Balaban J connectivity index is 2.31. The third-order valence-electron chi connectivity index (χ3n) is 2.29. The molecule has 7 heteroatoms. The van der Waals surface area contributed by atoms with Gasteiger partial charge in [0.05, 0.1) is 3.57 Å². The van der Waals surface area contributed by atoms with Gasteiger partial charge in [-0.1, -0.05) is 13.8 Å². The van der Waals surface area contributed by atoms with E-state index in [4.69, 9.17) is 4.42 Å². The van der Waals surface area contributed by atoms with Crippen LogP contribution in [0, 0.1) is 9.39 Å². The number of rotatable bonds is 3. The highest BCUT2D eigenvalue weighted by Crippen LogP contribution is 2.12. The van der Waals surface area contributed by atoms with E-state index in [1.807, 2.05) is 13.8 Å². The summed E-state index contributed by atoms with van der Waals surface area (Å²) in [5.74, 6) is 0.449. The second-order valence-corrected chi connectivity index (χ2v) is 5.29. The standard InChI is InChI=1S/C11H11FIN3O2/c1-6(2)10-15-14-9(18-10)5-16-4-7(12)3-8(13)11(16)17/h3-4,6H,5H2,1-2H3. The van der Waals surface area contributed by atoms with Crippen LogP contribution in [0.1, 0.15) is 31.5 Å². The Kier molecular flexibility index (Phi) is 3.79. The number of aromatic nitrogens is 3. The summed E-state index contributed by atoms with van der Waals surface area (Å²) in [6.45, 7) is 3.93. The summed E-state index contributed by atoms with van der Waals surface area (Å²) in [5, 5.41) is 7.69. The molecule has 0 saturated heterocycles. The molecule has 0 spiro atoms. The molecule has 2 aromatic heterocycles. The fourth-order valence-corrected chi connectivity index (χ4v) is 2.00. The van der Waals surface area contributed by atoms with Crippen molar-refractivity contribution in [2.24, 2.45) is 0 Å². The summed E-state index contributed by atoms with van der Waals surface area (Å²) in [6.07, 6.45) is 1.13. The van der Waals surface area contributed by atoms with Crippen molar-refractivity contribution in [1.29, 1.82) is 0 Å². The third kappa shape index (κ3) is 2.77. The summed E-state index contributed by atoms with van der Waals surface area (Å²) in [6, 6.07) is 1.19. The lowest BCUT2D eigenvalue weighted by molar-refractivity contribution is 0.419. The van der Waals surface area contributed by atoms with Gasteiger partial charge in [-0.25, -0.2) is 4.39 Å². The molecule has 2 aromatic rings. The van der Waals surface area contributed by atoms with E-state index >= 15 is 0 Å². The molecule has 0 radical (unpaired) electrons. The summed E-state index contributed by atoms with van der Waals surface area (Å²) in [4.78, 5) is 11.8. The summed E-state index contributed by atoms with van der Waals surface area (Å²) in [7, 11) is 0.